The zero-order valence-corrected chi connectivity index (χ0v) is 13.3. The lowest BCUT2D eigenvalue weighted by atomic mass is 10.1. The summed E-state index contributed by atoms with van der Waals surface area (Å²) in [5, 5.41) is 6.00. The fraction of sp³-hybridized carbons (Fsp3) is 0.571. The Hall–Kier alpha value is -1.63. The summed E-state index contributed by atoms with van der Waals surface area (Å²) in [6.07, 6.45) is 3.68. The van der Waals surface area contributed by atoms with E-state index in [2.05, 4.69) is 15.6 Å². The van der Waals surface area contributed by atoms with E-state index in [1.165, 1.54) is 6.20 Å². The number of sulfone groups is 1. The first-order valence-corrected chi connectivity index (χ1v) is 8.71. The van der Waals surface area contributed by atoms with Gasteiger partial charge in [0.05, 0.1) is 22.8 Å². The van der Waals surface area contributed by atoms with E-state index in [1.807, 2.05) is 20.8 Å². The molecule has 116 valence electrons. The SMILES string of the molecule is CC(C)(C)NC(=O)c1cncc(NC2CCS(=O)(=O)C2)c1. The highest BCUT2D eigenvalue weighted by Crippen LogP contribution is 2.18. The van der Waals surface area contributed by atoms with Crippen LogP contribution in [-0.4, -0.2) is 42.4 Å². The molecule has 0 radical (unpaired) electrons. The van der Waals surface area contributed by atoms with Crippen LogP contribution in [-0.2, 0) is 9.84 Å². The van der Waals surface area contributed by atoms with Crippen LogP contribution in [0.2, 0.25) is 0 Å². The second-order valence-corrected chi connectivity index (χ2v) is 8.64. The van der Waals surface area contributed by atoms with Crippen molar-refractivity contribution in [1.82, 2.24) is 10.3 Å². The van der Waals surface area contributed by atoms with Crippen molar-refractivity contribution < 1.29 is 13.2 Å². The Bertz CT molecular complexity index is 635. The number of anilines is 1. The summed E-state index contributed by atoms with van der Waals surface area (Å²) in [5.41, 5.74) is 0.800. The minimum Gasteiger partial charge on any atom is -0.380 e. The van der Waals surface area contributed by atoms with Crippen molar-refractivity contribution in [2.75, 3.05) is 16.8 Å². The summed E-state index contributed by atoms with van der Waals surface area (Å²) in [4.78, 5) is 16.1. The van der Waals surface area contributed by atoms with Crippen molar-refractivity contribution in [2.45, 2.75) is 38.8 Å². The van der Waals surface area contributed by atoms with Gasteiger partial charge in [0.1, 0.15) is 0 Å². The molecule has 21 heavy (non-hydrogen) atoms. The van der Waals surface area contributed by atoms with Crippen LogP contribution in [0.4, 0.5) is 5.69 Å². The molecule has 1 aliphatic rings. The number of rotatable bonds is 3. The second kappa shape index (κ2) is 5.63. The number of carbonyl (C=O) groups is 1. The van der Waals surface area contributed by atoms with Gasteiger partial charge in [0, 0.05) is 24.0 Å². The second-order valence-electron chi connectivity index (χ2n) is 6.41. The summed E-state index contributed by atoms with van der Waals surface area (Å²) in [5.74, 6) is 0.144. The Labute approximate surface area is 125 Å². The lowest BCUT2D eigenvalue weighted by Gasteiger charge is -2.20. The Morgan fingerprint density at radius 3 is 2.62 bits per heavy atom. The van der Waals surface area contributed by atoms with Gasteiger partial charge in [-0.05, 0) is 33.3 Å². The number of nitrogens with zero attached hydrogens (tertiary/aromatic N) is 1. The average molecular weight is 311 g/mol. The predicted octanol–water partition coefficient (Wildman–Crippen LogP) is 1.21. The van der Waals surface area contributed by atoms with Crippen LogP contribution >= 0.6 is 0 Å². The molecule has 1 aromatic rings. The molecule has 1 atom stereocenters. The van der Waals surface area contributed by atoms with E-state index < -0.39 is 9.84 Å². The monoisotopic (exact) mass is 311 g/mol. The third-order valence-corrected chi connectivity index (χ3v) is 4.86. The number of hydrogen-bond donors (Lipinski definition) is 2. The Morgan fingerprint density at radius 2 is 2.05 bits per heavy atom. The number of carbonyl (C=O) groups excluding carboxylic acids is 1. The summed E-state index contributed by atoms with van der Waals surface area (Å²) < 4.78 is 22.9. The smallest absolute Gasteiger partial charge is 0.253 e. The number of pyridine rings is 1. The van der Waals surface area contributed by atoms with E-state index in [1.54, 1.807) is 12.3 Å². The van der Waals surface area contributed by atoms with Gasteiger partial charge in [-0.1, -0.05) is 0 Å². The van der Waals surface area contributed by atoms with E-state index >= 15 is 0 Å². The number of nitrogens with one attached hydrogen (secondary N) is 2. The van der Waals surface area contributed by atoms with E-state index in [4.69, 9.17) is 0 Å². The highest BCUT2D eigenvalue weighted by Gasteiger charge is 2.27. The van der Waals surface area contributed by atoms with Gasteiger partial charge in [0.15, 0.2) is 9.84 Å². The molecular weight excluding hydrogens is 290 g/mol. The van der Waals surface area contributed by atoms with Gasteiger partial charge < -0.3 is 10.6 Å². The summed E-state index contributed by atoms with van der Waals surface area (Å²) in [6.45, 7) is 5.72. The molecule has 2 rings (SSSR count). The molecule has 1 unspecified atom stereocenters. The molecule has 7 heteroatoms. The molecule has 1 aromatic heterocycles. The Balaban J connectivity index is 2.06. The standard InChI is InChI=1S/C14H21N3O3S/c1-14(2,3)17-13(18)10-6-12(8-15-7-10)16-11-4-5-21(19,20)9-11/h6-8,11,16H,4-5,9H2,1-3H3,(H,17,18). The third-order valence-electron chi connectivity index (χ3n) is 3.09. The van der Waals surface area contributed by atoms with Crippen LogP contribution < -0.4 is 10.6 Å². The maximum atomic E-state index is 12.1. The van der Waals surface area contributed by atoms with Gasteiger partial charge in [0.2, 0.25) is 0 Å². The molecular formula is C14H21N3O3S. The molecule has 0 spiro atoms. The van der Waals surface area contributed by atoms with Crippen LogP contribution in [0.1, 0.15) is 37.6 Å². The maximum absolute atomic E-state index is 12.1. The Morgan fingerprint density at radius 1 is 1.33 bits per heavy atom. The van der Waals surface area contributed by atoms with Crippen LogP contribution in [0, 0.1) is 0 Å². The molecule has 0 aliphatic carbocycles. The zero-order valence-electron chi connectivity index (χ0n) is 12.5. The van der Waals surface area contributed by atoms with E-state index in [-0.39, 0.29) is 29.0 Å². The minimum atomic E-state index is -2.93. The first-order chi connectivity index (χ1) is 9.65. The normalized spacial score (nSPS) is 21.0. The lowest BCUT2D eigenvalue weighted by molar-refractivity contribution is 0.0919. The van der Waals surface area contributed by atoms with Gasteiger partial charge in [0.25, 0.3) is 5.91 Å². The van der Waals surface area contributed by atoms with Crippen LogP contribution in [0.3, 0.4) is 0 Å². The fourth-order valence-corrected chi connectivity index (χ4v) is 3.87. The largest absolute Gasteiger partial charge is 0.380 e. The summed E-state index contributed by atoms with van der Waals surface area (Å²) in [7, 11) is -2.93. The molecule has 1 amide bonds. The van der Waals surface area contributed by atoms with Crippen molar-refractivity contribution in [3.8, 4) is 0 Å². The lowest BCUT2D eigenvalue weighted by Crippen LogP contribution is -2.40. The first kappa shape index (κ1) is 15.8. The van der Waals surface area contributed by atoms with Crippen LogP contribution in [0.25, 0.3) is 0 Å². The van der Waals surface area contributed by atoms with Crippen LogP contribution in [0.5, 0.6) is 0 Å². The van der Waals surface area contributed by atoms with Gasteiger partial charge in [-0.2, -0.15) is 0 Å². The molecule has 0 bridgehead atoms. The van der Waals surface area contributed by atoms with Crippen molar-refractivity contribution in [2.24, 2.45) is 0 Å². The molecule has 1 saturated heterocycles. The molecule has 1 aliphatic heterocycles. The minimum absolute atomic E-state index is 0.113. The number of hydrogen-bond acceptors (Lipinski definition) is 5. The van der Waals surface area contributed by atoms with E-state index in [0.29, 0.717) is 17.7 Å². The predicted molar refractivity (Wildman–Crippen MR) is 82.1 cm³/mol. The van der Waals surface area contributed by atoms with Crippen molar-refractivity contribution in [3.05, 3.63) is 24.0 Å². The maximum Gasteiger partial charge on any atom is 0.253 e. The summed E-state index contributed by atoms with van der Waals surface area (Å²) >= 11 is 0. The topological polar surface area (TPSA) is 88.2 Å². The number of amides is 1. The fourth-order valence-electron chi connectivity index (χ4n) is 2.20. The van der Waals surface area contributed by atoms with Crippen molar-refractivity contribution in [1.29, 1.82) is 0 Å². The molecule has 0 saturated carbocycles. The third kappa shape index (κ3) is 4.70. The highest BCUT2D eigenvalue weighted by molar-refractivity contribution is 7.91. The Kier molecular flexibility index (Phi) is 4.22. The van der Waals surface area contributed by atoms with Gasteiger partial charge in [-0.15, -0.1) is 0 Å². The number of aromatic nitrogens is 1. The first-order valence-electron chi connectivity index (χ1n) is 6.89. The van der Waals surface area contributed by atoms with Crippen LogP contribution in [0.15, 0.2) is 18.5 Å². The summed E-state index contributed by atoms with van der Waals surface area (Å²) in [6, 6.07) is 1.58. The van der Waals surface area contributed by atoms with Gasteiger partial charge >= 0.3 is 0 Å². The molecule has 2 N–H and O–H groups in total. The molecule has 2 heterocycles. The van der Waals surface area contributed by atoms with E-state index in [9.17, 15) is 13.2 Å². The van der Waals surface area contributed by atoms with Gasteiger partial charge in [-0.25, -0.2) is 8.42 Å². The van der Waals surface area contributed by atoms with E-state index in [0.717, 1.165) is 0 Å². The molecule has 6 nitrogen and oxygen atoms in total. The van der Waals surface area contributed by atoms with Crippen molar-refractivity contribution in [3.63, 3.8) is 0 Å². The zero-order chi connectivity index (χ0) is 15.7. The quantitative estimate of drug-likeness (QED) is 0.876. The highest BCUT2D eigenvalue weighted by atomic mass is 32.2. The molecule has 1 fully saturated rings. The molecule has 0 aromatic carbocycles. The van der Waals surface area contributed by atoms with Crippen molar-refractivity contribution >= 4 is 21.4 Å². The van der Waals surface area contributed by atoms with Gasteiger partial charge in [-0.3, -0.25) is 9.78 Å². The average Bonchev–Trinajstić information content (AvgIpc) is 2.67.